The zero-order chi connectivity index (χ0) is 15.4. The van der Waals surface area contributed by atoms with Crippen LogP contribution in [0.2, 0.25) is 5.02 Å². The molecule has 0 saturated heterocycles. The van der Waals surface area contributed by atoms with E-state index >= 15 is 0 Å². The molecular weight excluding hydrogens is 293 g/mol. The first-order chi connectivity index (χ1) is 10.0. The minimum absolute atomic E-state index is 0.0581. The average Bonchev–Trinajstić information content (AvgIpc) is 2.85. The molecule has 1 aromatic heterocycles. The van der Waals surface area contributed by atoms with Crippen molar-refractivity contribution in [2.75, 3.05) is 5.32 Å². The van der Waals surface area contributed by atoms with Crippen LogP contribution in [0.5, 0.6) is 0 Å². The number of hydrogen-bond donors (Lipinski definition) is 1. The number of nitriles is 1. The van der Waals surface area contributed by atoms with Gasteiger partial charge in [0, 0.05) is 24.6 Å². The fourth-order valence-corrected chi connectivity index (χ4v) is 1.87. The van der Waals surface area contributed by atoms with E-state index in [9.17, 15) is 9.18 Å². The van der Waals surface area contributed by atoms with Crippen molar-refractivity contribution in [3.05, 3.63) is 58.6 Å². The SMILES string of the molecule is Cn1cccc1/C=C(\C#N)C(=O)Nc1ccc(F)c(Cl)c1. The Labute approximate surface area is 126 Å². The van der Waals surface area contributed by atoms with Gasteiger partial charge in [-0.1, -0.05) is 11.6 Å². The third-order valence-corrected chi connectivity index (χ3v) is 3.11. The van der Waals surface area contributed by atoms with Gasteiger partial charge in [0.15, 0.2) is 0 Å². The quantitative estimate of drug-likeness (QED) is 0.698. The molecule has 106 valence electrons. The molecule has 0 saturated carbocycles. The molecule has 0 bridgehead atoms. The Morgan fingerprint density at radius 1 is 1.48 bits per heavy atom. The molecule has 0 fully saturated rings. The summed E-state index contributed by atoms with van der Waals surface area (Å²) in [6, 6.07) is 9.22. The maximum Gasteiger partial charge on any atom is 0.266 e. The maximum absolute atomic E-state index is 13.0. The topological polar surface area (TPSA) is 57.8 Å². The normalized spacial score (nSPS) is 11.0. The number of halogens is 2. The van der Waals surface area contributed by atoms with Gasteiger partial charge in [-0.25, -0.2) is 4.39 Å². The lowest BCUT2D eigenvalue weighted by Crippen LogP contribution is -2.13. The van der Waals surface area contributed by atoms with E-state index in [1.807, 2.05) is 6.07 Å². The zero-order valence-electron chi connectivity index (χ0n) is 11.1. The van der Waals surface area contributed by atoms with Crippen LogP contribution < -0.4 is 5.32 Å². The molecule has 2 aromatic rings. The van der Waals surface area contributed by atoms with Crippen LogP contribution in [0.4, 0.5) is 10.1 Å². The highest BCUT2D eigenvalue weighted by Crippen LogP contribution is 2.20. The van der Waals surface area contributed by atoms with Crippen molar-refractivity contribution in [3.8, 4) is 6.07 Å². The number of benzene rings is 1. The molecule has 0 aliphatic rings. The largest absolute Gasteiger partial charge is 0.351 e. The van der Waals surface area contributed by atoms with E-state index in [4.69, 9.17) is 16.9 Å². The van der Waals surface area contributed by atoms with Crippen LogP contribution in [-0.2, 0) is 11.8 Å². The third kappa shape index (κ3) is 3.50. The van der Waals surface area contributed by atoms with Crippen molar-refractivity contribution >= 4 is 29.3 Å². The van der Waals surface area contributed by atoms with E-state index in [0.717, 1.165) is 11.8 Å². The predicted molar refractivity (Wildman–Crippen MR) is 79.0 cm³/mol. The molecule has 4 nitrogen and oxygen atoms in total. The summed E-state index contributed by atoms with van der Waals surface area (Å²) in [6.07, 6.45) is 3.28. The Bertz CT molecular complexity index is 759. The summed E-state index contributed by atoms with van der Waals surface area (Å²) in [7, 11) is 1.80. The Morgan fingerprint density at radius 2 is 2.24 bits per heavy atom. The van der Waals surface area contributed by atoms with Gasteiger partial charge in [0.25, 0.3) is 5.91 Å². The summed E-state index contributed by atoms with van der Waals surface area (Å²) < 4.78 is 14.8. The number of aryl methyl sites for hydroxylation is 1. The Morgan fingerprint density at radius 3 is 2.81 bits per heavy atom. The summed E-state index contributed by atoms with van der Waals surface area (Å²) in [5.74, 6) is -1.16. The third-order valence-electron chi connectivity index (χ3n) is 2.82. The van der Waals surface area contributed by atoms with Gasteiger partial charge in [-0.2, -0.15) is 5.26 Å². The number of rotatable bonds is 3. The summed E-state index contributed by atoms with van der Waals surface area (Å²) >= 11 is 5.64. The van der Waals surface area contributed by atoms with Crippen molar-refractivity contribution in [2.45, 2.75) is 0 Å². The molecule has 0 aliphatic carbocycles. The fraction of sp³-hybridized carbons (Fsp3) is 0.0667. The number of carbonyl (C=O) groups excluding carboxylic acids is 1. The summed E-state index contributed by atoms with van der Waals surface area (Å²) in [6.45, 7) is 0. The number of nitrogens with zero attached hydrogens (tertiary/aromatic N) is 2. The second-order valence-corrected chi connectivity index (χ2v) is 4.70. The molecule has 21 heavy (non-hydrogen) atoms. The van der Waals surface area contributed by atoms with Gasteiger partial charge in [0.2, 0.25) is 0 Å². The number of anilines is 1. The first-order valence-electron chi connectivity index (χ1n) is 6.01. The van der Waals surface area contributed by atoms with Crippen LogP contribution in [0.1, 0.15) is 5.69 Å². The predicted octanol–water partition coefficient (Wildman–Crippen LogP) is 3.36. The molecule has 1 aromatic carbocycles. The van der Waals surface area contributed by atoms with Gasteiger partial charge in [-0.3, -0.25) is 4.79 Å². The highest BCUT2D eigenvalue weighted by molar-refractivity contribution is 6.31. The number of hydrogen-bond acceptors (Lipinski definition) is 2. The van der Waals surface area contributed by atoms with Crippen molar-refractivity contribution in [1.82, 2.24) is 4.57 Å². The molecule has 0 spiro atoms. The highest BCUT2D eigenvalue weighted by Gasteiger charge is 2.11. The van der Waals surface area contributed by atoms with Gasteiger partial charge in [0.05, 0.1) is 5.02 Å². The minimum Gasteiger partial charge on any atom is -0.351 e. The average molecular weight is 304 g/mol. The van der Waals surface area contributed by atoms with Crippen LogP contribution in [0.25, 0.3) is 6.08 Å². The molecule has 1 N–H and O–H groups in total. The monoisotopic (exact) mass is 303 g/mol. The molecule has 2 rings (SSSR count). The summed E-state index contributed by atoms with van der Waals surface area (Å²) in [4.78, 5) is 12.0. The zero-order valence-corrected chi connectivity index (χ0v) is 11.9. The van der Waals surface area contributed by atoms with E-state index in [1.54, 1.807) is 29.9 Å². The van der Waals surface area contributed by atoms with Crippen LogP contribution in [0.15, 0.2) is 42.1 Å². The molecule has 6 heteroatoms. The lowest BCUT2D eigenvalue weighted by atomic mass is 10.2. The number of aromatic nitrogens is 1. The standard InChI is InChI=1S/C15H11ClFN3O/c1-20-6-2-3-12(20)7-10(9-18)15(21)19-11-4-5-14(17)13(16)8-11/h2-8H,1H3,(H,19,21)/b10-7+. The first kappa shape index (κ1) is 14.8. The van der Waals surface area contributed by atoms with E-state index in [2.05, 4.69) is 5.32 Å². The van der Waals surface area contributed by atoms with Gasteiger partial charge in [0.1, 0.15) is 17.5 Å². The molecule has 1 amide bonds. The van der Waals surface area contributed by atoms with Crippen LogP contribution in [0.3, 0.4) is 0 Å². The first-order valence-corrected chi connectivity index (χ1v) is 6.38. The Hall–Kier alpha value is -2.58. The van der Waals surface area contributed by atoms with Crippen molar-refractivity contribution in [1.29, 1.82) is 5.26 Å². The van der Waals surface area contributed by atoms with Gasteiger partial charge in [-0.05, 0) is 36.4 Å². The number of nitrogens with one attached hydrogen (secondary N) is 1. The smallest absolute Gasteiger partial charge is 0.266 e. The van der Waals surface area contributed by atoms with Crippen molar-refractivity contribution in [3.63, 3.8) is 0 Å². The molecule has 0 radical (unpaired) electrons. The van der Waals surface area contributed by atoms with Crippen LogP contribution in [-0.4, -0.2) is 10.5 Å². The molecule has 0 aliphatic heterocycles. The van der Waals surface area contributed by atoms with Crippen LogP contribution in [0, 0.1) is 17.1 Å². The lowest BCUT2D eigenvalue weighted by molar-refractivity contribution is -0.112. The van der Waals surface area contributed by atoms with E-state index in [-0.39, 0.29) is 10.6 Å². The Balaban J connectivity index is 2.22. The molecule has 0 unspecified atom stereocenters. The minimum atomic E-state index is -0.582. The number of amides is 1. The fourth-order valence-electron chi connectivity index (χ4n) is 1.69. The lowest BCUT2D eigenvalue weighted by Gasteiger charge is -2.05. The van der Waals surface area contributed by atoms with E-state index in [0.29, 0.717) is 5.69 Å². The van der Waals surface area contributed by atoms with Crippen LogP contribution >= 0.6 is 11.6 Å². The molecular formula is C15H11ClFN3O. The van der Waals surface area contributed by atoms with E-state index in [1.165, 1.54) is 18.2 Å². The molecule has 1 heterocycles. The van der Waals surface area contributed by atoms with Crippen molar-refractivity contribution in [2.24, 2.45) is 7.05 Å². The second kappa shape index (κ2) is 6.25. The number of carbonyl (C=O) groups is 1. The maximum atomic E-state index is 13.0. The van der Waals surface area contributed by atoms with E-state index < -0.39 is 11.7 Å². The van der Waals surface area contributed by atoms with Gasteiger partial charge in [-0.15, -0.1) is 0 Å². The highest BCUT2D eigenvalue weighted by atomic mass is 35.5. The van der Waals surface area contributed by atoms with Gasteiger partial charge >= 0.3 is 0 Å². The van der Waals surface area contributed by atoms with Crippen molar-refractivity contribution < 1.29 is 9.18 Å². The van der Waals surface area contributed by atoms with Gasteiger partial charge < -0.3 is 9.88 Å². The summed E-state index contributed by atoms with van der Waals surface area (Å²) in [5.41, 5.74) is 0.982. The Kier molecular flexibility index (Phi) is 4.41. The molecule has 0 atom stereocenters. The summed E-state index contributed by atoms with van der Waals surface area (Å²) in [5, 5.41) is 11.5. The second-order valence-electron chi connectivity index (χ2n) is 4.30.